The summed E-state index contributed by atoms with van der Waals surface area (Å²) in [6, 6.07) is 5.55. The van der Waals surface area contributed by atoms with Crippen molar-refractivity contribution in [2.75, 3.05) is 0 Å². The standard InChI is InChI=1S/C11H8ClN3O/c1-7-10(12)11-13-5-4-8(15(11)14-7)9-3-2-6-16-9/h2-6H,1H3. The quantitative estimate of drug-likeness (QED) is 0.649. The second-order valence-electron chi connectivity index (χ2n) is 3.44. The molecule has 3 heterocycles. The van der Waals surface area contributed by atoms with Crippen molar-refractivity contribution < 1.29 is 4.42 Å². The van der Waals surface area contributed by atoms with E-state index in [-0.39, 0.29) is 0 Å². The second kappa shape index (κ2) is 3.35. The van der Waals surface area contributed by atoms with Crippen molar-refractivity contribution in [3.05, 3.63) is 41.4 Å². The van der Waals surface area contributed by atoms with Crippen molar-refractivity contribution in [1.82, 2.24) is 14.6 Å². The summed E-state index contributed by atoms with van der Waals surface area (Å²) < 4.78 is 7.04. The molecule has 0 aliphatic rings. The van der Waals surface area contributed by atoms with E-state index < -0.39 is 0 Å². The fourth-order valence-electron chi connectivity index (χ4n) is 1.64. The molecule has 0 spiro atoms. The third kappa shape index (κ3) is 1.23. The Morgan fingerprint density at radius 1 is 1.38 bits per heavy atom. The lowest BCUT2D eigenvalue weighted by Crippen LogP contribution is -1.94. The number of halogens is 1. The Labute approximate surface area is 96.5 Å². The van der Waals surface area contributed by atoms with Gasteiger partial charge in [-0.15, -0.1) is 0 Å². The van der Waals surface area contributed by atoms with E-state index in [0.29, 0.717) is 10.7 Å². The summed E-state index contributed by atoms with van der Waals surface area (Å²) in [4.78, 5) is 4.20. The van der Waals surface area contributed by atoms with Crippen LogP contribution >= 0.6 is 11.6 Å². The summed E-state index contributed by atoms with van der Waals surface area (Å²) in [7, 11) is 0. The lowest BCUT2D eigenvalue weighted by Gasteiger charge is -1.99. The Morgan fingerprint density at radius 3 is 3.00 bits per heavy atom. The summed E-state index contributed by atoms with van der Waals surface area (Å²) in [5.41, 5.74) is 2.24. The molecule has 16 heavy (non-hydrogen) atoms. The van der Waals surface area contributed by atoms with Crippen LogP contribution in [0.15, 0.2) is 35.1 Å². The zero-order chi connectivity index (χ0) is 11.1. The van der Waals surface area contributed by atoms with Crippen LogP contribution in [0.3, 0.4) is 0 Å². The lowest BCUT2D eigenvalue weighted by molar-refractivity contribution is 0.577. The molecule has 0 unspecified atom stereocenters. The number of rotatable bonds is 1. The van der Waals surface area contributed by atoms with E-state index in [4.69, 9.17) is 16.0 Å². The molecule has 0 N–H and O–H groups in total. The maximum Gasteiger partial charge on any atom is 0.174 e. The van der Waals surface area contributed by atoms with Gasteiger partial charge in [-0.25, -0.2) is 9.50 Å². The highest BCUT2D eigenvalue weighted by Crippen LogP contribution is 2.25. The van der Waals surface area contributed by atoms with Crippen molar-refractivity contribution >= 4 is 17.2 Å². The molecule has 5 heteroatoms. The van der Waals surface area contributed by atoms with Crippen LogP contribution in [-0.4, -0.2) is 14.6 Å². The number of hydrogen-bond acceptors (Lipinski definition) is 3. The molecule has 0 aliphatic carbocycles. The van der Waals surface area contributed by atoms with Crippen LogP contribution in [0.2, 0.25) is 5.02 Å². The Morgan fingerprint density at radius 2 is 2.25 bits per heavy atom. The topological polar surface area (TPSA) is 43.3 Å². The van der Waals surface area contributed by atoms with Gasteiger partial charge in [0.1, 0.15) is 10.7 Å². The van der Waals surface area contributed by atoms with Crippen LogP contribution in [0.4, 0.5) is 0 Å². The highest BCUT2D eigenvalue weighted by atomic mass is 35.5. The molecule has 0 atom stereocenters. The molecule has 3 aromatic rings. The summed E-state index contributed by atoms with van der Waals surface area (Å²) >= 11 is 6.10. The second-order valence-corrected chi connectivity index (χ2v) is 3.82. The first-order valence-electron chi connectivity index (χ1n) is 4.81. The summed E-state index contributed by atoms with van der Waals surface area (Å²) in [5.74, 6) is 0.742. The summed E-state index contributed by atoms with van der Waals surface area (Å²) in [6.07, 6.45) is 3.32. The lowest BCUT2D eigenvalue weighted by atomic mass is 10.3. The van der Waals surface area contributed by atoms with Gasteiger partial charge in [0, 0.05) is 6.20 Å². The van der Waals surface area contributed by atoms with Crippen molar-refractivity contribution in [3.63, 3.8) is 0 Å². The molecular weight excluding hydrogens is 226 g/mol. The fourth-order valence-corrected chi connectivity index (χ4v) is 1.80. The molecule has 0 fully saturated rings. The molecule has 0 aromatic carbocycles. The van der Waals surface area contributed by atoms with Gasteiger partial charge in [0.15, 0.2) is 11.4 Å². The summed E-state index contributed by atoms with van der Waals surface area (Å²) in [5, 5.41) is 4.91. The van der Waals surface area contributed by atoms with Crippen molar-refractivity contribution in [3.8, 4) is 11.5 Å². The normalized spacial score (nSPS) is 11.1. The van der Waals surface area contributed by atoms with E-state index in [1.165, 1.54) is 0 Å². The molecule has 3 rings (SSSR count). The first-order chi connectivity index (χ1) is 7.77. The smallest absolute Gasteiger partial charge is 0.174 e. The van der Waals surface area contributed by atoms with Crippen LogP contribution < -0.4 is 0 Å². The maximum absolute atomic E-state index is 6.10. The zero-order valence-electron chi connectivity index (χ0n) is 8.51. The molecule has 0 saturated heterocycles. The Kier molecular flexibility index (Phi) is 1.97. The van der Waals surface area contributed by atoms with Crippen LogP contribution in [0.5, 0.6) is 0 Å². The van der Waals surface area contributed by atoms with E-state index in [0.717, 1.165) is 17.1 Å². The van der Waals surface area contributed by atoms with Gasteiger partial charge in [-0.3, -0.25) is 0 Å². The van der Waals surface area contributed by atoms with E-state index in [9.17, 15) is 0 Å². The minimum atomic E-state index is 0.577. The molecule has 4 nitrogen and oxygen atoms in total. The first-order valence-corrected chi connectivity index (χ1v) is 5.19. The SMILES string of the molecule is Cc1nn2c(-c3ccco3)ccnc2c1Cl. The van der Waals surface area contributed by atoms with E-state index in [1.54, 1.807) is 17.0 Å². The molecular formula is C11H8ClN3O. The molecule has 0 bridgehead atoms. The molecule has 0 aliphatic heterocycles. The average molecular weight is 234 g/mol. The van der Waals surface area contributed by atoms with Gasteiger partial charge in [-0.1, -0.05) is 11.6 Å². The predicted molar refractivity (Wildman–Crippen MR) is 60.4 cm³/mol. The van der Waals surface area contributed by atoms with Crippen molar-refractivity contribution in [1.29, 1.82) is 0 Å². The number of hydrogen-bond donors (Lipinski definition) is 0. The monoisotopic (exact) mass is 233 g/mol. The fraction of sp³-hybridized carbons (Fsp3) is 0.0909. The van der Waals surface area contributed by atoms with E-state index in [2.05, 4.69) is 10.1 Å². The zero-order valence-corrected chi connectivity index (χ0v) is 9.27. The van der Waals surface area contributed by atoms with Gasteiger partial charge in [-0.2, -0.15) is 5.10 Å². The number of fused-ring (bicyclic) bond motifs is 1. The van der Waals surface area contributed by atoms with E-state index in [1.807, 2.05) is 25.1 Å². The van der Waals surface area contributed by atoms with Crippen LogP contribution in [0.25, 0.3) is 17.1 Å². The molecule has 3 aromatic heterocycles. The first kappa shape index (κ1) is 9.42. The van der Waals surface area contributed by atoms with Gasteiger partial charge in [0.2, 0.25) is 0 Å². The Balaban J connectivity index is 2.38. The largest absolute Gasteiger partial charge is 0.463 e. The molecule has 0 saturated carbocycles. The predicted octanol–water partition coefficient (Wildman–Crippen LogP) is 2.95. The maximum atomic E-state index is 6.10. The average Bonchev–Trinajstić information content (AvgIpc) is 2.89. The number of aryl methyl sites for hydroxylation is 1. The molecule has 0 radical (unpaired) electrons. The number of furan rings is 1. The van der Waals surface area contributed by atoms with Gasteiger partial charge < -0.3 is 4.42 Å². The third-order valence-corrected chi connectivity index (χ3v) is 2.84. The Bertz CT molecular complexity index is 643. The highest BCUT2D eigenvalue weighted by Gasteiger charge is 2.13. The third-order valence-electron chi connectivity index (χ3n) is 2.40. The number of aromatic nitrogens is 3. The Hall–Kier alpha value is -1.81. The van der Waals surface area contributed by atoms with Crippen LogP contribution in [-0.2, 0) is 0 Å². The van der Waals surface area contributed by atoms with Gasteiger partial charge in [0.25, 0.3) is 0 Å². The minimum Gasteiger partial charge on any atom is -0.463 e. The highest BCUT2D eigenvalue weighted by molar-refractivity contribution is 6.34. The van der Waals surface area contributed by atoms with Crippen LogP contribution in [0.1, 0.15) is 5.69 Å². The minimum absolute atomic E-state index is 0.577. The van der Waals surface area contributed by atoms with E-state index >= 15 is 0 Å². The van der Waals surface area contributed by atoms with Crippen LogP contribution in [0, 0.1) is 6.92 Å². The number of nitrogens with zero attached hydrogens (tertiary/aromatic N) is 3. The molecule has 80 valence electrons. The van der Waals surface area contributed by atoms with Crippen molar-refractivity contribution in [2.45, 2.75) is 6.92 Å². The van der Waals surface area contributed by atoms with Gasteiger partial charge >= 0.3 is 0 Å². The molecule has 0 amide bonds. The van der Waals surface area contributed by atoms with Crippen molar-refractivity contribution in [2.24, 2.45) is 0 Å². The summed E-state index contributed by atoms with van der Waals surface area (Å²) in [6.45, 7) is 1.85. The van der Waals surface area contributed by atoms with Gasteiger partial charge in [0.05, 0.1) is 12.0 Å². The van der Waals surface area contributed by atoms with Gasteiger partial charge in [-0.05, 0) is 25.1 Å².